The lowest BCUT2D eigenvalue weighted by Crippen LogP contribution is -2.30. The number of hydrogen-bond acceptors (Lipinski definition) is 2. The van der Waals surface area contributed by atoms with Gasteiger partial charge in [-0.15, -0.1) is 0 Å². The first-order chi connectivity index (χ1) is 9.83. The van der Waals surface area contributed by atoms with Gasteiger partial charge in [-0.3, -0.25) is 4.79 Å². The summed E-state index contributed by atoms with van der Waals surface area (Å²) in [6, 6.07) is 6.42. The lowest BCUT2D eigenvalue weighted by atomic mass is 10.0. The number of carbonyl (C=O) groups excluding carboxylic acids is 1. The van der Waals surface area contributed by atoms with E-state index in [2.05, 4.69) is 23.5 Å². The van der Waals surface area contributed by atoms with Gasteiger partial charge in [-0.25, -0.2) is 0 Å². The van der Waals surface area contributed by atoms with Gasteiger partial charge in [-0.05, 0) is 49.3 Å². The van der Waals surface area contributed by atoms with Gasteiger partial charge in [0.25, 0.3) is 0 Å². The SMILES string of the molecule is O=C(NCCc1ccc2c(c1)CCCO2)C1CCCC1. The summed E-state index contributed by atoms with van der Waals surface area (Å²) in [5.41, 5.74) is 2.61. The Labute approximate surface area is 120 Å². The normalized spacial score (nSPS) is 18.4. The lowest BCUT2D eigenvalue weighted by molar-refractivity contribution is -0.124. The second-order valence-corrected chi connectivity index (χ2v) is 5.92. The van der Waals surface area contributed by atoms with Crippen molar-refractivity contribution in [3.63, 3.8) is 0 Å². The molecule has 0 aromatic heterocycles. The minimum absolute atomic E-state index is 0.254. The summed E-state index contributed by atoms with van der Waals surface area (Å²) in [5, 5.41) is 3.08. The maximum atomic E-state index is 11.9. The third-order valence-electron chi connectivity index (χ3n) is 4.41. The van der Waals surface area contributed by atoms with Crippen LogP contribution in [-0.4, -0.2) is 19.1 Å². The number of amides is 1. The number of fused-ring (bicyclic) bond motifs is 1. The quantitative estimate of drug-likeness (QED) is 0.916. The molecule has 0 unspecified atom stereocenters. The molecule has 1 N–H and O–H groups in total. The summed E-state index contributed by atoms with van der Waals surface area (Å²) < 4.78 is 5.62. The van der Waals surface area contributed by atoms with Crippen molar-refractivity contribution in [2.45, 2.75) is 44.9 Å². The number of hydrogen-bond donors (Lipinski definition) is 1. The van der Waals surface area contributed by atoms with Gasteiger partial charge < -0.3 is 10.1 Å². The Kier molecular flexibility index (Phi) is 4.24. The number of benzene rings is 1. The fraction of sp³-hybridized carbons (Fsp3) is 0.588. The van der Waals surface area contributed by atoms with Crippen LogP contribution in [0, 0.1) is 5.92 Å². The summed E-state index contributed by atoms with van der Waals surface area (Å²) in [5.74, 6) is 1.56. The molecule has 1 fully saturated rings. The molecule has 1 aliphatic heterocycles. The van der Waals surface area contributed by atoms with Crippen molar-refractivity contribution in [2.24, 2.45) is 5.92 Å². The van der Waals surface area contributed by atoms with E-state index in [-0.39, 0.29) is 11.8 Å². The van der Waals surface area contributed by atoms with Gasteiger partial charge in [0.05, 0.1) is 6.61 Å². The smallest absolute Gasteiger partial charge is 0.223 e. The highest BCUT2D eigenvalue weighted by Gasteiger charge is 2.21. The Bertz CT molecular complexity index is 478. The molecular weight excluding hydrogens is 250 g/mol. The average Bonchev–Trinajstić information content (AvgIpc) is 3.01. The number of carbonyl (C=O) groups is 1. The van der Waals surface area contributed by atoms with E-state index in [0.29, 0.717) is 0 Å². The summed E-state index contributed by atoms with van der Waals surface area (Å²) in [6.07, 6.45) is 7.69. The highest BCUT2D eigenvalue weighted by Crippen LogP contribution is 2.26. The van der Waals surface area contributed by atoms with Gasteiger partial charge in [-0.1, -0.05) is 25.0 Å². The highest BCUT2D eigenvalue weighted by molar-refractivity contribution is 5.78. The van der Waals surface area contributed by atoms with E-state index in [0.717, 1.165) is 51.0 Å². The first kappa shape index (κ1) is 13.5. The second kappa shape index (κ2) is 6.29. The maximum absolute atomic E-state index is 11.9. The molecule has 0 bridgehead atoms. The summed E-state index contributed by atoms with van der Waals surface area (Å²) >= 11 is 0. The van der Waals surface area contributed by atoms with E-state index < -0.39 is 0 Å². The molecule has 3 rings (SSSR count). The first-order valence-electron chi connectivity index (χ1n) is 7.85. The molecule has 1 heterocycles. The van der Waals surface area contributed by atoms with Crippen LogP contribution in [-0.2, 0) is 17.6 Å². The third kappa shape index (κ3) is 3.14. The Morgan fingerprint density at radius 3 is 2.95 bits per heavy atom. The lowest BCUT2D eigenvalue weighted by Gasteiger charge is -2.18. The van der Waals surface area contributed by atoms with Crippen LogP contribution in [0.2, 0.25) is 0 Å². The van der Waals surface area contributed by atoms with Crippen LogP contribution in [0.15, 0.2) is 18.2 Å². The molecule has 3 heteroatoms. The molecule has 3 nitrogen and oxygen atoms in total. The van der Waals surface area contributed by atoms with E-state index in [4.69, 9.17) is 4.74 Å². The van der Waals surface area contributed by atoms with Crippen molar-refractivity contribution in [1.82, 2.24) is 5.32 Å². The Morgan fingerprint density at radius 1 is 1.25 bits per heavy atom. The van der Waals surface area contributed by atoms with Crippen molar-refractivity contribution >= 4 is 5.91 Å². The Morgan fingerprint density at radius 2 is 2.10 bits per heavy atom. The predicted molar refractivity (Wildman–Crippen MR) is 78.9 cm³/mol. The van der Waals surface area contributed by atoms with Crippen molar-refractivity contribution in [1.29, 1.82) is 0 Å². The van der Waals surface area contributed by atoms with Gasteiger partial charge in [0.15, 0.2) is 0 Å². The van der Waals surface area contributed by atoms with Crippen molar-refractivity contribution in [2.75, 3.05) is 13.2 Å². The van der Waals surface area contributed by atoms with E-state index >= 15 is 0 Å². The van der Waals surface area contributed by atoms with Crippen LogP contribution in [0.1, 0.15) is 43.2 Å². The van der Waals surface area contributed by atoms with E-state index in [9.17, 15) is 4.79 Å². The van der Waals surface area contributed by atoms with Crippen LogP contribution in [0.25, 0.3) is 0 Å². The molecule has 0 spiro atoms. The van der Waals surface area contributed by atoms with E-state index in [1.165, 1.54) is 24.0 Å². The molecule has 0 saturated heterocycles. The van der Waals surface area contributed by atoms with Crippen LogP contribution in [0.5, 0.6) is 5.75 Å². The second-order valence-electron chi connectivity index (χ2n) is 5.92. The van der Waals surface area contributed by atoms with Gasteiger partial charge in [0.1, 0.15) is 5.75 Å². The Hall–Kier alpha value is -1.51. The molecule has 1 aliphatic carbocycles. The molecule has 1 amide bonds. The zero-order chi connectivity index (χ0) is 13.8. The Balaban J connectivity index is 1.49. The molecule has 20 heavy (non-hydrogen) atoms. The molecule has 0 radical (unpaired) electrons. The maximum Gasteiger partial charge on any atom is 0.223 e. The van der Waals surface area contributed by atoms with Crippen LogP contribution < -0.4 is 10.1 Å². The summed E-state index contributed by atoms with van der Waals surface area (Å²) in [6.45, 7) is 1.58. The monoisotopic (exact) mass is 273 g/mol. The zero-order valence-corrected chi connectivity index (χ0v) is 12.0. The molecule has 1 aromatic rings. The highest BCUT2D eigenvalue weighted by atomic mass is 16.5. The van der Waals surface area contributed by atoms with Crippen molar-refractivity contribution in [3.8, 4) is 5.75 Å². The van der Waals surface area contributed by atoms with Gasteiger partial charge in [-0.2, -0.15) is 0 Å². The number of aryl methyl sites for hydroxylation is 1. The van der Waals surface area contributed by atoms with Crippen LogP contribution in [0.3, 0.4) is 0 Å². The zero-order valence-electron chi connectivity index (χ0n) is 12.0. The predicted octanol–water partition coefficient (Wildman–Crippen LogP) is 2.86. The van der Waals surface area contributed by atoms with Crippen LogP contribution >= 0.6 is 0 Å². The summed E-state index contributed by atoms with van der Waals surface area (Å²) in [4.78, 5) is 11.9. The van der Waals surface area contributed by atoms with Crippen molar-refractivity contribution in [3.05, 3.63) is 29.3 Å². The number of rotatable bonds is 4. The molecule has 0 atom stereocenters. The van der Waals surface area contributed by atoms with Crippen molar-refractivity contribution < 1.29 is 9.53 Å². The molecule has 108 valence electrons. The minimum atomic E-state index is 0.254. The first-order valence-corrected chi connectivity index (χ1v) is 7.85. The number of nitrogens with one attached hydrogen (secondary N) is 1. The fourth-order valence-electron chi connectivity index (χ4n) is 3.23. The van der Waals surface area contributed by atoms with Gasteiger partial charge in [0, 0.05) is 12.5 Å². The summed E-state index contributed by atoms with van der Waals surface area (Å²) in [7, 11) is 0. The molecule has 1 aromatic carbocycles. The number of ether oxygens (including phenoxy) is 1. The average molecular weight is 273 g/mol. The van der Waals surface area contributed by atoms with Gasteiger partial charge >= 0.3 is 0 Å². The molecule has 1 saturated carbocycles. The van der Waals surface area contributed by atoms with E-state index in [1.807, 2.05) is 0 Å². The fourth-order valence-corrected chi connectivity index (χ4v) is 3.23. The van der Waals surface area contributed by atoms with Gasteiger partial charge in [0.2, 0.25) is 5.91 Å². The third-order valence-corrected chi connectivity index (χ3v) is 4.41. The largest absolute Gasteiger partial charge is 0.493 e. The minimum Gasteiger partial charge on any atom is -0.493 e. The molecular formula is C17H23NO2. The topological polar surface area (TPSA) is 38.3 Å². The van der Waals surface area contributed by atoms with Crippen LogP contribution in [0.4, 0.5) is 0 Å². The van der Waals surface area contributed by atoms with E-state index in [1.54, 1.807) is 0 Å². The molecule has 2 aliphatic rings. The standard InChI is InChI=1S/C17H23NO2/c19-17(14-4-1-2-5-14)18-10-9-13-7-8-16-15(12-13)6-3-11-20-16/h7-8,12,14H,1-6,9-11H2,(H,18,19).